The molecule has 0 aromatic heterocycles. The van der Waals surface area contributed by atoms with E-state index in [0.29, 0.717) is 19.4 Å². The third-order valence-corrected chi connectivity index (χ3v) is 3.19. The second-order valence-electron chi connectivity index (χ2n) is 6.08. The van der Waals surface area contributed by atoms with Crippen LogP contribution in [0.4, 0.5) is 4.79 Å². The van der Waals surface area contributed by atoms with Crippen LogP contribution in [0.15, 0.2) is 0 Å². The van der Waals surface area contributed by atoms with Crippen LogP contribution in [0.5, 0.6) is 0 Å². The predicted octanol–water partition coefficient (Wildman–Crippen LogP) is 0.977. The fourth-order valence-electron chi connectivity index (χ4n) is 2.14. The first-order chi connectivity index (χ1) is 9.06. The van der Waals surface area contributed by atoms with Crippen molar-refractivity contribution in [2.75, 3.05) is 13.1 Å². The summed E-state index contributed by atoms with van der Waals surface area (Å²) in [5, 5.41) is 11.6. The van der Waals surface area contributed by atoms with Crippen LogP contribution < -0.4 is 5.32 Å². The Labute approximate surface area is 118 Å². The maximum absolute atomic E-state index is 12.0. The van der Waals surface area contributed by atoms with E-state index in [-0.39, 0.29) is 6.54 Å². The molecule has 114 valence electrons. The predicted molar refractivity (Wildman–Crippen MR) is 71.2 cm³/mol. The third-order valence-electron chi connectivity index (χ3n) is 3.19. The largest absolute Gasteiger partial charge is 0.480 e. The van der Waals surface area contributed by atoms with E-state index in [4.69, 9.17) is 4.74 Å². The number of hydrogen-bond donors (Lipinski definition) is 2. The highest BCUT2D eigenvalue weighted by molar-refractivity contribution is 5.89. The van der Waals surface area contributed by atoms with Crippen LogP contribution in [0.25, 0.3) is 0 Å². The number of amides is 2. The molecule has 0 unspecified atom stereocenters. The van der Waals surface area contributed by atoms with E-state index in [0.717, 1.165) is 0 Å². The molecule has 1 aliphatic rings. The second kappa shape index (κ2) is 5.68. The summed E-state index contributed by atoms with van der Waals surface area (Å²) in [5.74, 6) is -1.45. The SMILES string of the molecule is CC(C)(C)OC(=O)NCC(=O)N1CCC[C@@]1(C)C(=O)O. The Morgan fingerprint density at radius 3 is 2.45 bits per heavy atom. The molecule has 0 spiro atoms. The Morgan fingerprint density at radius 1 is 1.35 bits per heavy atom. The normalized spacial score (nSPS) is 22.5. The van der Waals surface area contributed by atoms with Crippen molar-refractivity contribution in [2.45, 2.75) is 51.7 Å². The number of nitrogens with one attached hydrogen (secondary N) is 1. The van der Waals surface area contributed by atoms with Gasteiger partial charge in [-0.25, -0.2) is 9.59 Å². The molecule has 0 aliphatic carbocycles. The monoisotopic (exact) mass is 286 g/mol. The number of aliphatic carboxylic acids is 1. The van der Waals surface area contributed by atoms with Gasteiger partial charge in [-0.2, -0.15) is 0 Å². The molecule has 1 atom stereocenters. The van der Waals surface area contributed by atoms with Gasteiger partial charge in [-0.15, -0.1) is 0 Å². The van der Waals surface area contributed by atoms with Crippen LogP contribution in [0, 0.1) is 0 Å². The molecule has 0 bridgehead atoms. The number of alkyl carbamates (subject to hydrolysis) is 1. The highest BCUT2D eigenvalue weighted by atomic mass is 16.6. The molecule has 1 aliphatic heterocycles. The van der Waals surface area contributed by atoms with Crippen LogP contribution in [0.3, 0.4) is 0 Å². The molecule has 0 radical (unpaired) electrons. The fraction of sp³-hybridized carbons (Fsp3) is 0.769. The molecule has 7 heteroatoms. The number of carboxylic acids is 1. The zero-order chi connectivity index (χ0) is 15.6. The van der Waals surface area contributed by atoms with Crippen LogP contribution in [0.2, 0.25) is 0 Å². The van der Waals surface area contributed by atoms with Gasteiger partial charge in [0.1, 0.15) is 17.7 Å². The van der Waals surface area contributed by atoms with Crippen LogP contribution in [-0.2, 0) is 14.3 Å². The number of nitrogens with zero attached hydrogens (tertiary/aromatic N) is 1. The van der Waals surface area contributed by atoms with Gasteiger partial charge in [0.15, 0.2) is 0 Å². The minimum atomic E-state index is -1.19. The Hall–Kier alpha value is -1.79. The van der Waals surface area contributed by atoms with Gasteiger partial charge < -0.3 is 20.1 Å². The van der Waals surface area contributed by atoms with Crippen molar-refractivity contribution in [2.24, 2.45) is 0 Å². The minimum absolute atomic E-state index is 0.266. The van der Waals surface area contributed by atoms with Crippen LogP contribution in [0.1, 0.15) is 40.5 Å². The van der Waals surface area contributed by atoms with Gasteiger partial charge in [-0.3, -0.25) is 4.79 Å². The molecule has 20 heavy (non-hydrogen) atoms. The van der Waals surface area contributed by atoms with E-state index in [2.05, 4.69) is 5.32 Å². The molecule has 1 rings (SSSR count). The number of ether oxygens (including phenoxy) is 1. The van der Waals surface area contributed by atoms with Crippen molar-refractivity contribution in [1.29, 1.82) is 0 Å². The van der Waals surface area contributed by atoms with Gasteiger partial charge in [-0.05, 0) is 40.5 Å². The molecule has 0 aromatic carbocycles. The van der Waals surface area contributed by atoms with Crippen molar-refractivity contribution in [1.82, 2.24) is 10.2 Å². The minimum Gasteiger partial charge on any atom is -0.480 e. The molecule has 1 saturated heterocycles. The number of carbonyl (C=O) groups excluding carboxylic acids is 2. The molecule has 1 fully saturated rings. The summed E-state index contributed by atoms with van der Waals surface area (Å²) >= 11 is 0. The van der Waals surface area contributed by atoms with Crippen molar-refractivity contribution < 1.29 is 24.2 Å². The average Bonchev–Trinajstić information content (AvgIpc) is 2.67. The molecule has 0 saturated carbocycles. The average molecular weight is 286 g/mol. The Morgan fingerprint density at radius 2 is 1.95 bits per heavy atom. The Balaban J connectivity index is 2.55. The first kappa shape index (κ1) is 16.3. The van der Waals surface area contributed by atoms with Gasteiger partial charge in [-0.1, -0.05) is 0 Å². The van der Waals surface area contributed by atoms with E-state index in [1.807, 2.05) is 0 Å². The second-order valence-corrected chi connectivity index (χ2v) is 6.08. The lowest BCUT2D eigenvalue weighted by atomic mass is 9.99. The third kappa shape index (κ3) is 3.85. The van der Waals surface area contributed by atoms with Gasteiger partial charge in [0.25, 0.3) is 0 Å². The molecule has 0 aromatic rings. The highest BCUT2D eigenvalue weighted by Crippen LogP contribution is 2.29. The molecule has 2 amide bonds. The summed E-state index contributed by atoms with van der Waals surface area (Å²) in [6.07, 6.45) is 0.365. The van der Waals surface area contributed by atoms with E-state index in [1.165, 1.54) is 11.8 Å². The van der Waals surface area contributed by atoms with E-state index in [1.54, 1.807) is 20.8 Å². The van der Waals surface area contributed by atoms with Crippen LogP contribution >= 0.6 is 0 Å². The first-order valence-electron chi connectivity index (χ1n) is 6.57. The maximum atomic E-state index is 12.0. The van der Waals surface area contributed by atoms with E-state index in [9.17, 15) is 19.5 Å². The van der Waals surface area contributed by atoms with Crippen molar-refractivity contribution in [3.8, 4) is 0 Å². The molecular weight excluding hydrogens is 264 g/mol. The van der Waals surface area contributed by atoms with Crippen molar-refractivity contribution in [3.63, 3.8) is 0 Å². The zero-order valence-corrected chi connectivity index (χ0v) is 12.4. The lowest BCUT2D eigenvalue weighted by Crippen LogP contribution is -2.53. The van der Waals surface area contributed by atoms with Gasteiger partial charge in [0, 0.05) is 6.54 Å². The summed E-state index contributed by atoms with van der Waals surface area (Å²) < 4.78 is 5.01. The summed E-state index contributed by atoms with van der Waals surface area (Å²) in [7, 11) is 0. The fourth-order valence-corrected chi connectivity index (χ4v) is 2.14. The number of carboxylic acid groups (broad SMARTS) is 1. The van der Waals surface area contributed by atoms with Gasteiger partial charge >= 0.3 is 12.1 Å². The Kier molecular flexibility index (Phi) is 4.62. The lowest BCUT2D eigenvalue weighted by Gasteiger charge is -2.31. The smallest absolute Gasteiger partial charge is 0.408 e. The number of likely N-dealkylation sites (tertiary alicyclic amines) is 1. The number of carbonyl (C=O) groups is 3. The molecule has 7 nitrogen and oxygen atoms in total. The molecular formula is C13H22N2O5. The maximum Gasteiger partial charge on any atom is 0.408 e. The number of rotatable bonds is 3. The van der Waals surface area contributed by atoms with Gasteiger partial charge in [0.05, 0.1) is 0 Å². The van der Waals surface area contributed by atoms with Crippen molar-refractivity contribution in [3.05, 3.63) is 0 Å². The Bertz CT molecular complexity index is 415. The van der Waals surface area contributed by atoms with E-state index < -0.39 is 29.1 Å². The van der Waals surface area contributed by atoms with E-state index >= 15 is 0 Å². The van der Waals surface area contributed by atoms with Crippen LogP contribution in [-0.4, -0.2) is 52.2 Å². The zero-order valence-electron chi connectivity index (χ0n) is 12.4. The topological polar surface area (TPSA) is 95.9 Å². The number of hydrogen-bond acceptors (Lipinski definition) is 4. The molecule has 2 N–H and O–H groups in total. The summed E-state index contributed by atoms with van der Waals surface area (Å²) in [6, 6.07) is 0. The quantitative estimate of drug-likeness (QED) is 0.806. The summed E-state index contributed by atoms with van der Waals surface area (Å²) in [4.78, 5) is 36.0. The van der Waals surface area contributed by atoms with Gasteiger partial charge in [0.2, 0.25) is 5.91 Å². The first-order valence-corrected chi connectivity index (χ1v) is 6.57. The summed E-state index contributed by atoms with van der Waals surface area (Å²) in [5.41, 5.74) is -1.83. The van der Waals surface area contributed by atoms with Crippen molar-refractivity contribution >= 4 is 18.0 Å². The molecule has 1 heterocycles. The standard InChI is InChI=1S/C13H22N2O5/c1-12(2,3)20-11(19)14-8-9(16)15-7-5-6-13(15,4)10(17)18/h5-8H2,1-4H3,(H,14,19)(H,17,18)/t13-/m0/s1. The summed E-state index contributed by atoms with van der Waals surface area (Å²) in [6.45, 7) is 6.80. The lowest BCUT2D eigenvalue weighted by molar-refractivity contribution is -0.154. The highest BCUT2D eigenvalue weighted by Gasteiger charge is 2.45.